The zero-order valence-corrected chi connectivity index (χ0v) is 19.9. The molecule has 2 rings (SSSR count). The number of nitrogens with one attached hydrogen (secondary N) is 2. The maximum absolute atomic E-state index is 12.7. The fourth-order valence-corrected chi connectivity index (χ4v) is 3.28. The molecule has 2 N–H and O–H groups in total. The summed E-state index contributed by atoms with van der Waals surface area (Å²) < 4.78 is 12.2. The van der Waals surface area contributed by atoms with Crippen molar-refractivity contribution in [2.45, 2.75) is 46.0 Å². The van der Waals surface area contributed by atoms with E-state index in [0.29, 0.717) is 17.9 Å². The Hall–Kier alpha value is -2.12. The van der Waals surface area contributed by atoms with E-state index in [1.54, 1.807) is 12.1 Å². The highest BCUT2D eigenvalue weighted by molar-refractivity contribution is 9.10. The van der Waals surface area contributed by atoms with Gasteiger partial charge in [0.05, 0.1) is 18.8 Å². The summed E-state index contributed by atoms with van der Waals surface area (Å²) in [5, 5.41) is 5.95. The number of hydrogen-bond donors (Lipinski definition) is 2. The van der Waals surface area contributed by atoms with Gasteiger partial charge in [-0.2, -0.15) is 0 Å². The van der Waals surface area contributed by atoms with E-state index in [2.05, 4.69) is 33.5 Å². The van der Waals surface area contributed by atoms with Gasteiger partial charge in [-0.3, -0.25) is 10.1 Å². The van der Waals surface area contributed by atoms with E-state index in [1.165, 1.54) is 19.3 Å². The van der Waals surface area contributed by atoms with E-state index in [9.17, 15) is 4.79 Å². The number of anilines is 1. The lowest BCUT2D eigenvalue weighted by Crippen LogP contribution is -2.34. The van der Waals surface area contributed by atoms with Gasteiger partial charge in [0.25, 0.3) is 5.91 Å². The summed E-state index contributed by atoms with van der Waals surface area (Å²) in [6.07, 6.45) is 5.55. The van der Waals surface area contributed by atoms with Crippen molar-refractivity contribution in [3.63, 3.8) is 0 Å². The van der Waals surface area contributed by atoms with Crippen LogP contribution in [0.15, 0.2) is 46.9 Å². The molecule has 0 unspecified atom stereocenters. The largest absolute Gasteiger partial charge is 0.494 e. The van der Waals surface area contributed by atoms with Crippen LogP contribution in [0.25, 0.3) is 0 Å². The van der Waals surface area contributed by atoms with Gasteiger partial charge in [-0.05, 0) is 67.5 Å². The minimum atomic E-state index is -0.327. The Kier molecular flexibility index (Phi) is 10.7. The second kappa shape index (κ2) is 13.2. The summed E-state index contributed by atoms with van der Waals surface area (Å²) in [4.78, 5) is 12.7. The van der Waals surface area contributed by atoms with Gasteiger partial charge in [-0.25, -0.2) is 0 Å². The van der Waals surface area contributed by atoms with E-state index in [4.69, 9.17) is 21.7 Å². The van der Waals surface area contributed by atoms with Crippen molar-refractivity contribution in [3.05, 3.63) is 52.5 Å². The zero-order chi connectivity index (χ0) is 21.8. The summed E-state index contributed by atoms with van der Waals surface area (Å²) >= 11 is 8.69. The Morgan fingerprint density at radius 2 is 1.73 bits per heavy atom. The fourth-order valence-electron chi connectivity index (χ4n) is 2.70. The number of carbonyl (C=O) groups is 1. The SMILES string of the molecule is CCCCCCOc1ccc(NC(=S)NC(=O)c2cc(Br)ccc2OCCC)cc1. The van der Waals surface area contributed by atoms with Gasteiger partial charge >= 0.3 is 0 Å². The van der Waals surface area contributed by atoms with Crippen LogP contribution in [-0.2, 0) is 0 Å². The highest BCUT2D eigenvalue weighted by atomic mass is 79.9. The van der Waals surface area contributed by atoms with Crippen LogP contribution in [0.2, 0.25) is 0 Å². The number of hydrogen-bond acceptors (Lipinski definition) is 4. The van der Waals surface area contributed by atoms with Gasteiger partial charge in [0, 0.05) is 10.2 Å². The smallest absolute Gasteiger partial charge is 0.261 e. The molecule has 0 spiro atoms. The molecule has 1 amide bonds. The van der Waals surface area contributed by atoms with Crippen LogP contribution in [0.1, 0.15) is 56.3 Å². The normalized spacial score (nSPS) is 10.4. The molecule has 2 aromatic carbocycles. The topological polar surface area (TPSA) is 59.6 Å². The van der Waals surface area contributed by atoms with Crippen LogP contribution in [0.3, 0.4) is 0 Å². The summed E-state index contributed by atoms with van der Waals surface area (Å²) in [5.41, 5.74) is 1.20. The summed E-state index contributed by atoms with van der Waals surface area (Å²) in [5.74, 6) is 1.02. The summed E-state index contributed by atoms with van der Waals surface area (Å²) in [7, 11) is 0. The molecule has 0 radical (unpaired) electrons. The van der Waals surface area contributed by atoms with E-state index >= 15 is 0 Å². The first-order valence-corrected chi connectivity index (χ1v) is 11.5. The highest BCUT2D eigenvalue weighted by Crippen LogP contribution is 2.23. The summed E-state index contributed by atoms with van der Waals surface area (Å²) in [6, 6.07) is 12.8. The first kappa shape index (κ1) is 24.2. The molecule has 0 bridgehead atoms. The lowest BCUT2D eigenvalue weighted by molar-refractivity contribution is 0.0973. The number of benzene rings is 2. The Labute approximate surface area is 192 Å². The molecule has 0 aliphatic carbocycles. The average molecular weight is 493 g/mol. The molecule has 0 atom stereocenters. The Morgan fingerprint density at radius 3 is 2.43 bits per heavy atom. The molecule has 162 valence electrons. The van der Waals surface area contributed by atoms with Crippen LogP contribution in [0.5, 0.6) is 11.5 Å². The van der Waals surface area contributed by atoms with Gasteiger partial charge < -0.3 is 14.8 Å². The van der Waals surface area contributed by atoms with Crippen molar-refractivity contribution in [2.24, 2.45) is 0 Å². The minimum absolute atomic E-state index is 0.217. The van der Waals surface area contributed by atoms with E-state index in [0.717, 1.165) is 35.4 Å². The van der Waals surface area contributed by atoms with Crippen molar-refractivity contribution in [1.82, 2.24) is 5.32 Å². The molecule has 0 aromatic heterocycles. The number of halogens is 1. The Bertz CT molecular complexity index is 828. The first-order valence-electron chi connectivity index (χ1n) is 10.3. The van der Waals surface area contributed by atoms with Gasteiger partial charge in [-0.1, -0.05) is 49.0 Å². The number of carbonyl (C=O) groups excluding carboxylic acids is 1. The van der Waals surface area contributed by atoms with E-state index in [1.807, 2.05) is 37.3 Å². The molecule has 2 aromatic rings. The maximum atomic E-state index is 12.7. The minimum Gasteiger partial charge on any atom is -0.494 e. The van der Waals surface area contributed by atoms with Crippen LogP contribution in [-0.4, -0.2) is 24.2 Å². The molecule has 0 fully saturated rings. The lowest BCUT2D eigenvalue weighted by Gasteiger charge is -2.13. The Balaban J connectivity index is 1.88. The van der Waals surface area contributed by atoms with Crippen molar-refractivity contribution >= 4 is 44.9 Å². The predicted molar refractivity (Wildman–Crippen MR) is 130 cm³/mol. The zero-order valence-electron chi connectivity index (χ0n) is 17.5. The second-order valence-corrected chi connectivity index (χ2v) is 8.15. The van der Waals surface area contributed by atoms with Crippen LogP contribution >= 0.6 is 28.1 Å². The number of thiocarbonyl (C=S) groups is 1. The molecule has 0 heterocycles. The van der Waals surface area contributed by atoms with Crippen molar-refractivity contribution in [1.29, 1.82) is 0 Å². The second-order valence-electron chi connectivity index (χ2n) is 6.83. The fraction of sp³-hybridized carbons (Fsp3) is 0.391. The van der Waals surface area contributed by atoms with Crippen molar-refractivity contribution < 1.29 is 14.3 Å². The third-order valence-electron chi connectivity index (χ3n) is 4.25. The van der Waals surface area contributed by atoms with E-state index in [-0.39, 0.29) is 11.0 Å². The predicted octanol–water partition coefficient (Wildman–Crippen LogP) is 6.32. The lowest BCUT2D eigenvalue weighted by atomic mass is 10.2. The molecule has 30 heavy (non-hydrogen) atoms. The van der Waals surface area contributed by atoms with Gasteiger partial charge in [0.2, 0.25) is 0 Å². The van der Waals surface area contributed by atoms with E-state index < -0.39 is 0 Å². The number of rotatable bonds is 11. The quantitative estimate of drug-likeness (QED) is 0.283. The van der Waals surface area contributed by atoms with Crippen LogP contribution in [0.4, 0.5) is 5.69 Å². The van der Waals surface area contributed by atoms with Crippen molar-refractivity contribution in [3.8, 4) is 11.5 Å². The molecule has 5 nitrogen and oxygen atoms in total. The maximum Gasteiger partial charge on any atom is 0.261 e. The van der Waals surface area contributed by atoms with Gasteiger partial charge in [-0.15, -0.1) is 0 Å². The third kappa shape index (κ3) is 8.32. The number of unbranched alkanes of at least 4 members (excludes halogenated alkanes) is 3. The molecular weight excluding hydrogens is 464 g/mol. The average Bonchev–Trinajstić information content (AvgIpc) is 2.73. The monoisotopic (exact) mass is 492 g/mol. The molecule has 0 saturated heterocycles. The van der Waals surface area contributed by atoms with Crippen LogP contribution < -0.4 is 20.1 Å². The first-order chi connectivity index (χ1) is 14.5. The molecule has 0 saturated carbocycles. The molecule has 0 aliphatic heterocycles. The van der Waals surface area contributed by atoms with Gasteiger partial charge in [0.1, 0.15) is 11.5 Å². The van der Waals surface area contributed by atoms with Crippen LogP contribution in [0, 0.1) is 0 Å². The molecule has 7 heteroatoms. The number of ether oxygens (including phenoxy) is 2. The number of amides is 1. The summed E-state index contributed by atoms with van der Waals surface area (Å²) in [6.45, 7) is 5.46. The van der Waals surface area contributed by atoms with Gasteiger partial charge in [0.15, 0.2) is 5.11 Å². The molecule has 0 aliphatic rings. The Morgan fingerprint density at radius 1 is 0.967 bits per heavy atom. The van der Waals surface area contributed by atoms with Crippen molar-refractivity contribution in [2.75, 3.05) is 18.5 Å². The standard InChI is InChI=1S/C23H29BrN2O3S/c1-3-5-6-7-15-28-19-11-9-18(10-12-19)25-23(30)26-22(27)20-16-17(24)8-13-21(20)29-14-4-2/h8-13,16H,3-7,14-15H2,1-2H3,(H2,25,26,27,30). The third-order valence-corrected chi connectivity index (χ3v) is 4.95. The highest BCUT2D eigenvalue weighted by Gasteiger charge is 2.15. The molecular formula is C23H29BrN2O3S.